The number of cyclic esters (lactones) is 1. The van der Waals surface area contributed by atoms with Crippen molar-refractivity contribution in [3.8, 4) is 11.5 Å². The predicted molar refractivity (Wildman–Crippen MR) is 155 cm³/mol. The Kier molecular flexibility index (Phi) is 10.6. The van der Waals surface area contributed by atoms with Gasteiger partial charge in [0.25, 0.3) is 5.91 Å². The number of hydrogen-bond donors (Lipinski definition) is 1. The van der Waals surface area contributed by atoms with Crippen molar-refractivity contribution in [2.45, 2.75) is 64.3 Å². The molecule has 1 aromatic heterocycles. The molecule has 0 saturated carbocycles. The molecule has 44 heavy (non-hydrogen) atoms. The molecule has 2 aromatic carbocycles. The van der Waals surface area contributed by atoms with Crippen molar-refractivity contribution in [3.63, 3.8) is 0 Å². The van der Waals surface area contributed by atoms with Gasteiger partial charge in [0.1, 0.15) is 12.1 Å². The molecule has 1 aliphatic rings. The van der Waals surface area contributed by atoms with E-state index < -0.39 is 41.7 Å². The summed E-state index contributed by atoms with van der Waals surface area (Å²) in [4.78, 5) is 42.4. The highest BCUT2D eigenvalue weighted by molar-refractivity contribution is 5.98. The van der Waals surface area contributed by atoms with Gasteiger partial charge in [-0.3, -0.25) is 9.59 Å². The molecule has 2 heterocycles. The van der Waals surface area contributed by atoms with Crippen molar-refractivity contribution in [2.24, 2.45) is 11.8 Å². The second-order valence-corrected chi connectivity index (χ2v) is 10.9. The Morgan fingerprint density at radius 3 is 2.32 bits per heavy atom. The maximum atomic E-state index is 13.4. The summed E-state index contributed by atoms with van der Waals surface area (Å²) in [6.07, 6.45) is -1.14. The number of carbonyl (C=O) groups excluding carboxylic acids is 3. The van der Waals surface area contributed by atoms with Crippen LogP contribution >= 0.6 is 0 Å². The van der Waals surface area contributed by atoms with Gasteiger partial charge in [0.05, 0.1) is 12.7 Å². The normalized spacial score (nSPS) is 20.8. The molecule has 1 saturated heterocycles. The van der Waals surface area contributed by atoms with Crippen molar-refractivity contribution in [1.82, 2.24) is 10.3 Å². The van der Waals surface area contributed by atoms with Crippen molar-refractivity contribution in [1.29, 1.82) is 0 Å². The highest BCUT2D eigenvalue weighted by atomic mass is 19.4. The van der Waals surface area contributed by atoms with E-state index >= 15 is 0 Å². The van der Waals surface area contributed by atoms with Crippen LogP contribution in [0, 0.1) is 11.8 Å². The van der Waals surface area contributed by atoms with Crippen molar-refractivity contribution in [2.75, 3.05) is 7.11 Å². The van der Waals surface area contributed by atoms with Crippen LogP contribution in [-0.4, -0.2) is 42.1 Å². The number of ether oxygens (including phenoxy) is 3. The molecule has 1 aliphatic heterocycles. The fraction of sp³-hybridized carbons (Fsp3) is 0.394. The number of methoxy groups -OCH3 is 1. The summed E-state index contributed by atoms with van der Waals surface area (Å²) < 4.78 is 55.8. The molecule has 1 amide bonds. The number of hydrogen-bond acceptors (Lipinski definition) is 7. The average molecular weight is 613 g/mol. The standard InChI is InChI=1S/C33H35F3N2O6/c1-20-26(19-22-8-5-4-6-9-22)24(18-23-12-14-25(15-13-23)33(34,35)36)10-7-11-27(32(41)43-20)38-31(40)29-30(44-21(2)39)28(42-3)16-17-37-29/h4-6,8-9,12-17,20,24,26-27H,7,10-11,18-19H2,1-3H3,(H,38,40)/t20-,24+,26-,27-/m0/s1. The number of benzene rings is 2. The van der Waals surface area contributed by atoms with Gasteiger partial charge in [-0.1, -0.05) is 48.9 Å². The van der Waals surface area contributed by atoms with Gasteiger partial charge < -0.3 is 19.5 Å². The second kappa shape index (κ2) is 14.4. The van der Waals surface area contributed by atoms with Crippen LogP contribution < -0.4 is 14.8 Å². The molecular weight excluding hydrogens is 577 g/mol. The number of halogens is 3. The number of rotatable bonds is 8. The van der Waals surface area contributed by atoms with Crippen LogP contribution in [0.5, 0.6) is 11.5 Å². The molecule has 1 N–H and O–H groups in total. The molecule has 3 aromatic rings. The SMILES string of the molecule is COc1ccnc(C(=O)N[C@H]2CCC[C@H](Cc3ccc(C(F)(F)F)cc3)[C@@H](Cc3ccccc3)[C@H](C)OC2=O)c1OC(C)=O. The van der Waals surface area contributed by atoms with E-state index in [-0.39, 0.29) is 35.4 Å². The van der Waals surface area contributed by atoms with Crippen LogP contribution in [0.1, 0.15) is 60.3 Å². The third-order valence-electron chi connectivity index (χ3n) is 7.81. The van der Waals surface area contributed by atoms with Gasteiger partial charge in [-0.25, -0.2) is 9.78 Å². The third kappa shape index (κ3) is 8.36. The van der Waals surface area contributed by atoms with Gasteiger partial charge in [0.2, 0.25) is 5.75 Å². The number of pyridine rings is 1. The van der Waals surface area contributed by atoms with E-state index in [0.717, 1.165) is 23.3 Å². The van der Waals surface area contributed by atoms with Gasteiger partial charge >= 0.3 is 18.1 Å². The first-order valence-corrected chi connectivity index (χ1v) is 14.4. The predicted octanol–water partition coefficient (Wildman–Crippen LogP) is 5.97. The van der Waals surface area contributed by atoms with E-state index in [4.69, 9.17) is 14.2 Å². The summed E-state index contributed by atoms with van der Waals surface area (Å²) in [7, 11) is 1.36. The first-order valence-electron chi connectivity index (χ1n) is 14.4. The monoisotopic (exact) mass is 612 g/mol. The maximum absolute atomic E-state index is 13.4. The Labute approximate surface area is 253 Å². The summed E-state index contributed by atoms with van der Waals surface area (Å²) in [6.45, 7) is 2.98. The third-order valence-corrected chi connectivity index (χ3v) is 7.81. The largest absolute Gasteiger partial charge is 0.493 e. The molecule has 0 spiro atoms. The average Bonchev–Trinajstić information content (AvgIpc) is 3.03. The number of esters is 2. The van der Waals surface area contributed by atoms with E-state index in [1.165, 1.54) is 38.4 Å². The zero-order chi connectivity index (χ0) is 31.9. The highest BCUT2D eigenvalue weighted by Gasteiger charge is 2.36. The minimum atomic E-state index is -4.42. The highest BCUT2D eigenvalue weighted by Crippen LogP contribution is 2.35. The van der Waals surface area contributed by atoms with Gasteiger partial charge in [-0.05, 0) is 61.8 Å². The zero-order valence-electron chi connectivity index (χ0n) is 24.7. The van der Waals surface area contributed by atoms with E-state index in [9.17, 15) is 27.6 Å². The van der Waals surface area contributed by atoms with Crippen molar-refractivity contribution >= 4 is 17.8 Å². The van der Waals surface area contributed by atoms with Crippen LogP contribution in [0.15, 0.2) is 66.9 Å². The molecule has 0 aliphatic carbocycles. The maximum Gasteiger partial charge on any atom is 0.416 e. The molecule has 0 radical (unpaired) electrons. The first-order chi connectivity index (χ1) is 21.0. The fourth-order valence-corrected chi connectivity index (χ4v) is 5.61. The Bertz CT molecular complexity index is 1450. The van der Waals surface area contributed by atoms with Crippen molar-refractivity contribution < 1.29 is 41.8 Å². The number of amides is 1. The molecule has 8 nitrogen and oxygen atoms in total. The Balaban J connectivity index is 1.57. The van der Waals surface area contributed by atoms with Crippen LogP contribution in [0.3, 0.4) is 0 Å². The van der Waals surface area contributed by atoms with Crippen LogP contribution in [-0.2, 0) is 33.3 Å². The summed E-state index contributed by atoms with van der Waals surface area (Å²) >= 11 is 0. The van der Waals surface area contributed by atoms with Crippen LogP contribution in [0.2, 0.25) is 0 Å². The molecule has 11 heteroatoms. The minimum absolute atomic E-state index is 0.0279. The molecule has 234 valence electrons. The van der Waals surface area contributed by atoms with Crippen LogP contribution in [0.25, 0.3) is 0 Å². The fourth-order valence-electron chi connectivity index (χ4n) is 5.61. The molecular formula is C33H35F3N2O6. The van der Waals surface area contributed by atoms with Gasteiger partial charge in [-0.15, -0.1) is 0 Å². The van der Waals surface area contributed by atoms with Crippen molar-refractivity contribution in [3.05, 3.63) is 89.2 Å². The summed E-state index contributed by atoms with van der Waals surface area (Å²) in [5.41, 5.74) is 0.872. The quantitative estimate of drug-likeness (QED) is 0.313. The number of alkyl halides is 3. The lowest BCUT2D eigenvalue weighted by Gasteiger charge is -2.31. The lowest BCUT2D eigenvalue weighted by Crippen LogP contribution is -2.43. The second-order valence-electron chi connectivity index (χ2n) is 10.9. The number of aromatic nitrogens is 1. The molecule has 4 atom stereocenters. The molecule has 4 rings (SSSR count). The van der Waals surface area contributed by atoms with Gasteiger partial charge in [-0.2, -0.15) is 13.2 Å². The number of carbonyl (C=O) groups is 3. The Hall–Kier alpha value is -4.41. The van der Waals surface area contributed by atoms with Gasteiger partial charge in [0, 0.05) is 25.1 Å². The lowest BCUT2D eigenvalue weighted by atomic mass is 9.77. The van der Waals surface area contributed by atoms with Crippen LogP contribution in [0.4, 0.5) is 13.2 Å². The molecule has 0 unspecified atom stereocenters. The molecule has 1 fully saturated rings. The summed E-state index contributed by atoms with van der Waals surface area (Å²) in [6, 6.07) is 15.3. The van der Waals surface area contributed by atoms with E-state index in [0.29, 0.717) is 25.7 Å². The van der Waals surface area contributed by atoms with Gasteiger partial charge in [0.15, 0.2) is 11.4 Å². The molecule has 0 bridgehead atoms. The van der Waals surface area contributed by atoms with E-state index in [1.54, 1.807) is 6.92 Å². The first kappa shape index (κ1) is 32.5. The minimum Gasteiger partial charge on any atom is -0.493 e. The zero-order valence-corrected chi connectivity index (χ0v) is 24.7. The number of nitrogens with one attached hydrogen (secondary N) is 1. The smallest absolute Gasteiger partial charge is 0.416 e. The Morgan fingerprint density at radius 2 is 1.68 bits per heavy atom. The van der Waals surface area contributed by atoms with E-state index in [2.05, 4.69) is 10.3 Å². The topological polar surface area (TPSA) is 104 Å². The summed E-state index contributed by atoms with van der Waals surface area (Å²) in [5, 5.41) is 2.69. The Morgan fingerprint density at radius 1 is 1.00 bits per heavy atom. The lowest BCUT2D eigenvalue weighted by molar-refractivity contribution is -0.153. The number of nitrogens with zero attached hydrogens (tertiary/aromatic N) is 1. The van der Waals surface area contributed by atoms with E-state index in [1.807, 2.05) is 30.3 Å². The summed E-state index contributed by atoms with van der Waals surface area (Å²) in [5.74, 6) is -2.24.